The van der Waals surface area contributed by atoms with Crippen molar-refractivity contribution in [1.82, 2.24) is 0 Å². The molecule has 0 aliphatic heterocycles. The summed E-state index contributed by atoms with van der Waals surface area (Å²) in [4.78, 5) is 2.05. The van der Waals surface area contributed by atoms with E-state index < -0.39 is 0 Å². The van der Waals surface area contributed by atoms with Crippen LogP contribution in [0.25, 0.3) is 0 Å². The molecule has 0 bridgehead atoms. The summed E-state index contributed by atoms with van der Waals surface area (Å²) in [5.74, 6) is 0. The van der Waals surface area contributed by atoms with Gasteiger partial charge < -0.3 is 4.90 Å². The van der Waals surface area contributed by atoms with E-state index in [1.807, 2.05) is 55.3 Å². The number of rotatable bonds is 3. The second-order valence-corrected chi connectivity index (χ2v) is 4.75. The van der Waals surface area contributed by atoms with Gasteiger partial charge in [-0.05, 0) is 36.2 Å². The predicted octanol–water partition coefficient (Wildman–Crippen LogP) is 3.37. The SMILES string of the molecule is Cc1cccc(C#N)c1N(C)Cc1cccc(C#N)c1. The van der Waals surface area contributed by atoms with Crippen LogP contribution in [0, 0.1) is 29.6 Å². The average molecular weight is 261 g/mol. The fraction of sp³-hybridized carbons (Fsp3) is 0.176. The zero-order chi connectivity index (χ0) is 14.5. The lowest BCUT2D eigenvalue weighted by Gasteiger charge is -2.22. The van der Waals surface area contributed by atoms with E-state index in [0.29, 0.717) is 17.7 Å². The Labute approximate surface area is 119 Å². The van der Waals surface area contributed by atoms with E-state index in [-0.39, 0.29) is 0 Å². The number of nitriles is 2. The van der Waals surface area contributed by atoms with Crippen LogP contribution in [0.3, 0.4) is 0 Å². The molecule has 98 valence electrons. The highest BCUT2D eigenvalue weighted by Crippen LogP contribution is 2.25. The second kappa shape index (κ2) is 5.91. The Balaban J connectivity index is 2.31. The number of hydrogen-bond acceptors (Lipinski definition) is 3. The maximum Gasteiger partial charge on any atom is 0.101 e. The van der Waals surface area contributed by atoms with Crippen molar-refractivity contribution in [3.8, 4) is 12.1 Å². The third-order valence-electron chi connectivity index (χ3n) is 3.22. The van der Waals surface area contributed by atoms with Crippen LogP contribution in [0.2, 0.25) is 0 Å². The zero-order valence-electron chi connectivity index (χ0n) is 11.6. The summed E-state index contributed by atoms with van der Waals surface area (Å²) in [5.41, 5.74) is 4.39. The molecular formula is C17H15N3. The van der Waals surface area contributed by atoms with Crippen molar-refractivity contribution in [2.75, 3.05) is 11.9 Å². The molecule has 0 N–H and O–H groups in total. The summed E-state index contributed by atoms with van der Waals surface area (Å²) in [5, 5.41) is 18.2. The average Bonchev–Trinajstić information content (AvgIpc) is 2.46. The summed E-state index contributed by atoms with van der Waals surface area (Å²) in [7, 11) is 1.96. The molecule has 0 aliphatic rings. The third kappa shape index (κ3) is 2.79. The van der Waals surface area contributed by atoms with Gasteiger partial charge in [-0.2, -0.15) is 10.5 Å². The standard InChI is InChI=1S/C17H15N3/c1-13-5-3-8-16(11-19)17(13)20(2)12-15-7-4-6-14(9-15)10-18/h3-9H,12H2,1-2H3. The van der Waals surface area contributed by atoms with Crippen molar-refractivity contribution < 1.29 is 0 Å². The first-order valence-electron chi connectivity index (χ1n) is 6.35. The van der Waals surface area contributed by atoms with Crippen LogP contribution < -0.4 is 4.90 Å². The number of aryl methyl sites for hydroxylation is 1. The molecule has 0 aliphatic carbocycles. The molecule has 0 aromatic heterocycles. The van der Waals surface area contributed by atoms with Gasteiger partial charge >= 0.3 is 0 Å². The van der Waals surface area contributed by atoms with E-state index in [4.69, 9.17) is 5.26 Å². The first kappa shape index (κ1) is 13.6. The molecule has 0 spiro atoms. The van der Waals surface area contributed by atoms with Crippen molar-refractivity contribution in [2.24, 2.45) is 0 Å². The summed E-state index contributed by atoms with van der Waals surface area (Å²) in [6.07, 6.45) is 0. The molecule has 0 saturated carbocycles. The molecule has 2 rings (SSSR count). The van der Waals surface area contributed by atoms with Crippen molar-refractivity contribution in [1.29, 1.82) is 10.5 Å². The molecule has 0 amide bonds. The molecule has 20 heavy (non-hydrogen) atoms. The molecule has 2 aromatic carbocycles. The maximum atomic E-state index is 9.22. The van der Waals surface area contributed by atoms with Gasteiger partial charge in [0, 0.05) is 13.6 Å². The Bertz CT molecular complexity index is 705. The van der Waals surface area contributed by atoms with Gasteiger partial charge in [-0.1, -0.05) is 24.3 Å². The summed E-state index contributed by atoms with van der Waals surface area (Å²) < 4.78 is 0. The monoisotopic (exact) mass is 261 g/mol. The Morgan fingerprint density at radius 3 is 2.50 bits per heavy atom. The Kier molecular flexibility index (Phi) is 4.03. The van der Waals surface area contributed by atoms with Crippen molar-refractivity contribution in [2.45, 2.75) is 13.5 Å². The lowest BCUT2D eigenvalue weighted by molar-refractivity contribution is 0.914. The predicted molar refractivity (Wildman–Crippen MR) is 79.2 cm³/mol. The third-order valence-corrected chi connectivity index (χ3v) is 3.22. The van der Waals surface area contributed by atoms with E-state index in [0.717, 1.165) is 16.8 Å². The van der Waals surface area contributed by atoms with Crippen LogP contribution in [0.5, 0.6) is 0 Å². The minimum absolute atomic E-state index is 0.654. The molecule has 0 fully saturated rings. The number of hydrogen-bond donors (Lipinski definition) is 0. The van der Waals surface area contributed by atoms with Gasteiger partial charge in [0.25, 0.3) is 0 Å². The first-order chi connectivity index (χ1) is 9.65. The molecule has 3 nitrogen and oxygen atoms in total. The second-order valence-electron chi connectivity index (χ2n) is 4.75. The Hall–Kier alpha value is -2.78. The van der Waals surface area contributed by atoms with Gasteiger partial charge in [0.15, 0.2) is 0 Å². The number of benzene rings is 2. The van der Waals surface area contributed by atoms with Crippen LogP contribution in [0.15, 0.2) is 42.5 Å². The van der Waals surface area contributed by atoms with Crippen LogP contribution in [-0.4, -0.2) is 7.05 Å². The molecular weight excluding hydrogens is 246 g/mol. The fourth-order valence-corrected chi connectivity index (χ4v) is 2.35. The fourth-order valence-electron chi connectivity index (χ4n) is 2.35. The highest BCUT2D eigenvalue weighted by Gasteiger charge is 2.10. The number of anilines is 1. The van der Waals surface area contributed by atoms with Gasteiger partial charge in [0.1, 0.15) is 6.07 Å². The number of para-hydroxylation sites is 1. The van der Waals surface area contributed by atoms with Crippen molar-refractivity contribution >= 4 is 5.69 Å². The molecule has 2 aromatic rings. The van der Waals surface area contributed by atoms with Crippen LogP contribution >= 0.6 is 0 Å². The molecule has 0 heterocycles. The minimum Gasteiger partial charge on any atom is -0.369 e. The number of nitrogens with zero attached hydrogens (tertiary/aromatic N) is 3. The highest BCUT2D eigenvalue weighted by molar-refractivity contribution is 5.63. The van der Waals surface area contributed by atoms with Gasteiger partial charge in [0.2, 0.25) is 0 Å². The van der Waals surface area contributed by atoms with Crippen molar-refractivity contribution in [3.63, 3.8) is 0 Å². The molecule has 0 unspecified atom stereocenters. The lowest BCUT2D eigenvalue weighted by atomic mass is 10.1. The lowest BCUT2D eigenvalue weighted by Crippen LogP contribution is -2.18. The minimum atomic E-state index is 0.654. The van der Waals surface area contributed by atoms with E-state index in [2.05, 4.69) is 12.1 Å². The summed E-state index contributed by atoms with van der Waals surface area (Å²) in [6, 6.07) is 17.6. The topological polar surface area (TPSA) is 50.8 Å². The van der Waals surface area contributed by atoms with E-state index in [9.17, 15) is 5.26 Å². The van der Waals surface area contributed by atoms with Gasteiger partial charge in [-0.3, -0.25) is 0 Å². The Morgan fingerprint density at radius 1 is 1.05 bits per heavy atom. The van der Waals surface area contributed by atoms with Gasteiger partial charge in [0.05, 0.1) is 22.9 Å². The molecule has 0 radical (unpaired) electrons. The molecule has 0 saturated heterocycles. The van der Waals surface area contributed by atoms with Gasteiger partial charge in [-0.25, -0.2) is 0 Å². The van der Waals surface area contributed by atoms with Crippen LogP contribution in [0.1, 0.15) is 22.3 Å². The normalized spacial score (nSPS) is 9.60. The zero-order valence-corrected chi connectivity index (χ0v) is 11.6. The Morgan fingerprint density at radius 2 is 1.80 bits per heavy atom. The van der Waals surface area contributed by atoms with Crippen molar-refractivity contribution in [3.05, 3.63) is 64.7 Å². The van der Waals surface area contributed by atoms with E-state index in [1.54, 1.807) is 6.07 Å². The van der Waals surface area contributed by atoms with Crippen LogP contribution in [0.4, 0.5) is 5.69 Å². The summed E-state index contributed by atoms with van der Waals surface area (Å²) >= 11 is 0. The van der Waals surface area contributed by atoms with Crippen LogP contribution in [-0.2, 0) is 6.54 Å². The largest absolute Gasteiger partial charge is 0.369 e. The highest BCUT2D eigenvalue weighted by atomic mass is 15.1. The van der Waals surface area contributed by atoms with E-state index >= 15 is 0 Å². The smallest absolute Gasteiger partial charge is 0.101 e. The maximum absolute atomic E-state index is 9.22. The quantitative estimate of drug-likeness (QED) is 0.851. The summed E-state index contributed by atoms with van der Waals surface area (Å²) in [6.45, 7) is 2.66. The molecule has 3 heteroatoms. The molecule has 0 atom stereocenters. The first-order valence-corrected chi connectivity index (χ1v) is 6.35. The van der Waals surface area contributed by atoms with Gasteiger partial charge in [-0.15, -0.1) is 0 Å². The van der Waals surface area contributed by atoms with E-state index in [1.165, 1.54) is 0 Å².